The van der Waals surface area contributed by atoms with Crippen molar-refractivity contribution in [3.8, 4) is 11.3 Å². The Kier molecular flexibility index (Phi) is 4.96. The molecule has 5 rings (SSSR count). The number of pyridine rings is 2. The molecule has 0 radical (unpaired) electrons. The lowest BCUT2D eigenvalue weighted by Gasteiger charge is -2.10. The standard InChI is InChI=1S/C23H24FN7O/c1-14-8-15(2)26-19(9-14)18-12-25-29(3)22(18)20(32)10-16-4-7-31-21(11-16)27-23(28-31)30-6-5-17(24)13-30/h4,7-9,11-12,17H,5-6,10,13H2,1-3H3/t17-/m0/s1. The molecule has 0 unspecified atom stereocenters. The van der Waals surface area contributed by atoms with E-state index in [2.05, 4.69) is 20.2 Å². The highest BCUT2D eigenvalue weighted by Gasteiger charge is 2.25. The molecule has 8 nitrogen and oxygen atoms in total. The van der Waals surface area contributed by atoms with Gasteiger partial charge in [0.15, 0.2) is 11.4 Å². The zero-order chi connectivity index (χ0) is 22.4. The number of hydrogen-bond acceptors (Lipinski definition) is 6. The zero-order valence-electron chi connectivity index (χ0n) is 18.3. The molecule has 0 N–H and O–H groups in total. The van der Waals surface area contributed by atoms with Gasteiger partial charge in [-0.25, -0.2) is 8.91 Å². The highest BCUT2D eigenvalue weighted by atomic mass is 19.1. The zero-order valence-corrected chi connectivity index (χ0v) is 18.3. The molecular formula is C23H24FN7O. The van der Waals surface area contributed by atoms with E-state index in [9.17, 15) is 9.18 Å². The van der Waals surface area contributed by atoms with Gasteiger partial charge in [-0.2, -0.15) is 10.1 Å². The van der Waals surface area contributed by atoms with E-state index < -0.39 is 6.17 Å². The number of hydrogen-bond donors (Lipinski definition) is 0. The van der Waals surface area contributed by atoms with Crippen molar-refractivity contribution in [3.63, 3.8) is 0 Å². The molecule has 5 heterocycles. The van der Waals surface area contributed by atoms with Gasteiger partial charge in [0.25, 0.3) is 0 Å². The maximum atomic E-state index is 13.5. The van der Waals surface area contributed by atoms with Crippen LogP contribution in [0.4, 0.5) is 10.3 Å². The fourth-order valence-corrected chi connectivity index (χ4v) is 4.26. The summed E-state index contributed by atoms with van der Waals surface area (Å²) in [4.78, 5) is 24.2. The summed E-state index contributed by atoms with van der Waals surface area (Å²) in [5.74, 6) is 0.466. The Balaban J connectivity index is 1.42. The number of carbonyl (C=O) groups is 1. The number of rotatable bonds is 5. The van der Waals surface area contributed by atoms with Crippen molar-refractivity contribution < 1.29 is 9.18 Å². The van der Waals surface area contributed by atoms with Gasteiger partial charge in [0.05, 0.1) is 18.4 Å². The molecule has 1 aliphatic rings. The number of halogens is 1. The summed E-state index contributed by atoms with van der Waals surface area (Å²) in [5, 5.41) is 8.75. The molecule has 0 aromatic carbocycles. The molecule has 0 bridgehead atoms. The number of anilines is 1. The number of carbonyl (C=O) groups excluding carboxylic acids is 1. The Morgan fingerprint density at radius 3 is 2.81 bits per heavy atom. The van der Waals surface area contributed by atoms with Gasteiger partial charge in [0, 0.05) is 37.5 Å². The molecule has 4 aromatic heterocycles. The average molecular weight is 433 g/mol. The third kappa shape index (κ3) is 3.74. The van der Waals surface area contributed by atoms with Crippen LogP contribution in [0.3, 0.4) is 0 Å². The summed E-state index contributed by atoms with van der Waals surface area (Å²) in [5.41, 5.74) is 5.43. The van der Waals surface area contributed by atoms with E-state index in [1.54, 1.807) is 28.6 Å². The van der Waals surface area contributed by atoms with Crippen LogP contribution in [0.1, 0.15) is 33.7 Å². The maximum Gasteiger partial charge on any atom is 0.245 e. The second-order valence-corrected chi connectivity index (χ2v) is 8.38. The third-order valence-corrected chi connectivity index (χ3v) is 5.75. The highest BCUT2D eigenvalue weighted by molar-refractivity contribution is 6.01. The van der Waals surface area contributed by atoms with Gasteiger partial charge < -0.3 is 4.90 Å². The number of Topliss-reactive ketones (excluding diaryl/α,β-unsaturated/α-hetero) is 1. The summed E-state index contributed by atoms with van der Waals surface area (Å²) in [7, 11) is 1.77. The number of nitrogens with zero attached hydrogens (tertiary/aromatic N) is 7. The molecule has 1 aliphatic heterocycles. The molecule has 0 saturated carbocycles. The summed E-state index contributed by atoms with van der Waals surface area (Å²) >= 11 is 0. The first kappa shape index (κ1) is 20.3. The summed E-state index contributed by atoms with van der Waals surface area (Å²) in [6.45, 7) is 4.87. The van der Waals surface area contributed by atoms with Crippen LogP contribution in [0.5, 0.6) is 0 Å². The molecule has 32 heavy (non-hydrogen) atoms. The van der Waals surface area contributed by atoms with E-state index in [-0.39, 0.29) is 12.2 Å². The van der Waals surface area contributed by atoms with Gasteiger partial charge in [0.2, 0.25) is 5.95 Å². The minimum absolute atomic E-state index is 0.0511. The van der Waals surface area contributed by atoms with E-state index in [1.807, 2.05) is 43.0 Å². The van der Waals surface area contributed by atoms with Crippen LogP contribution in [0.15, 0.2) is 36.7 Å². The SMILES string of the molecule is Cc1cc(C)nc(-c2cnn(C)c2C(=O)Cc2ccn3nc(N4CC[C@H](F)C4)nc3c2)c1. The Morgan fingerprint density at radius 2 is 2.06 bits per heavy atom. The fraction of sp³-hybridized carbons (Fsp3) is 0.348. The van der Waals surface area contributed by atoms with E-state index in [0.717, 1.165) is 28.1 Å². The van der Waals surface area contributed by atoms with Gasteiger partial charge in [-0.05, 0) is 55.7 Å². The van der Waals surface area contributed by atoms with E-state index in [1.165, 1.54) is 0 Å². The molecule has 1 saturated heterocycles. The second kappa shape index (κ2) is 7.81. The molecule has 0 amide bonds. The van der Waals surface area contributed by atoms with Gasteiger partial charge in [-0.15, -0.1) is 5.10 Å². The number of ketones is 1. The molecule has 164 valence electrons. The Hall–Kier alpha value is -3.62. The predicted octanol–water partition coefficient (Wildman–Crippen LogP) is 3.12. The Morgan fingerprint density at radius 1 is 1.22 bits per heavy atom. The van der Waals surface area contributed by atoms with E-state index in [4.69, 9.17) is 0 Å². The monoisotopic (exact) mass is 433 g/mol. The van der Waals surface area contributed by atoms with Crippen molar-refractivity contribution in [1.82, 2.24) is 29.4 Å². The van der Waals surface area contributed by atoms with Crippen LogP contribution in [0.2, 0.25) is 0 Å². The predicted molar refractivity (Wildman–Crippen MR) is 119 cm³/mol. The number of aryl methyl sites for hydroxylation is 3. The number of alkyl halides is 1. The highest BCUT2D eigenvalue weighted by Crippen LogP contribution is 2.25. The van der Waals surface area contributed by atoms with E-state index >= 15 is 0 Å². The molecule has 1 fully saturated rings. The molecular weight excluding hydrogens is 409 g/mol. The van der Waals surface area contributed by atoms with Gasteiger partial charge >= 0.3 is 0 Å². The smallest absolute Gasteiger partial charge is 0.245 e. The lowest BCUT2D eigenvalue weighted by Crippen LogP contribution is -2.21. The van der Waals surface area contributed by atoms with E-state index in [0.29, 0.717) is 36.8 Å². The first-order valence-electron chi connectivity index (χ1n) is 10.6. The second-order valence-electron chi connectivity index (χ2n) is 8.38. The summed E-state index contributed by atoms with van der Waals surface area (Å²) in [6, 6.07) is 7.67. The van der Waals surface area contributed by atoms with Crippen LogP contribution in [0.25, 0.3) is 16.9 Å². The van der Waals surface area contributed by atoms with Crippen molar-refractivity contribution in [2.45, 2.75) is 32.9 Å². The normalized spacial score (nSPS) is 16.2. The molecule has 4 aromatic rings. The van der Waals surface area contributed by atoms with Crippen molar-refractivity contribution in [3.05, 3.63) is 59.2 Å². The van der Waals surface area contributed by atoms with Crippen molar-refractivity contribution >= 4 is 17.4 Å². The number of aromatic nitrogens is 6. The van der Waals surface area contributed by atoms with Crippen molar-refractivity contribution in [2.24, 2.45) is 7.05 Å². The largest absolute Gasteiger partial charge is 0.336 e. The summed E-state index contributed by atoms with van der Waals surface area (Å²) in [6.07, 6.45) is 3.34. The lowest BCUT2D eigenvalue weighted by atomic mass is 10.0. The van der Waals surface area contributed by atoms with Gasteiger partial charge in [-0.1, -0.05) is 0 Å². The third-order valence-electron chi connectivity index (χ3n) is 5.75. The first-order valence-corrected chi connectivity index (χ1v) is 10.6. The fourth-order valence-electron chi connectivity index (χ4n) is 4.26. The van der Waals surface area contributed by atoms with Crippen LogP contribution in [-0.4, -0.2) is 54.4 Å². The maximum absolute atomic E-state index is 13.5. The topological polar surface area (TPSA) is 81.2 Å². The Bertz CT molecular complexity index is 1310. The first-order chi connectivity index (χ1) is 15.4. The minimum atomic E-state index is -0.838. The minimum Gasteiger partial charge on any atom is -0.336 e. The van der Waals surface area contributed by atoms with Crippen LogP contribution in [-0.2, 0) is 13.5 Å². The molecule has 9 heteroatoms. The van der Waals surface area contributed by atoms with Gasteiger partial charge in [0.1, 0.15) is 11.9 Å². The molecule has 0 aliphatic carbocycles. The summed E-state index contributed by atoms with van der Waals surface area (Å²) < 4.78 is 16.8. The lowest BCUT2D eigenvalue weighted by molar-refractivity contribution is 0.0984. The van der Waals surface area contributed by atoms with Gasteiger partial charge in [-0.3, -0.25) is 14.5 Å². The molecule has 1 atom stereocenters. The van der Waals surface area contributed by atoms with Crippen LogP contribution < -0.4 is 4.90 Å². The quantitative estimate of drug-likeness (QED) is 0.450. The van der Waals surface area contributed by atoms with Crippen molar-refractivity contribution in [2.75, 3.05) is 18.0 Å². The number of fused-ring (bicyclic) bond motifs is 1. The Labute approximate surface area is 184 Å². The van der Waals surface area contributed by atoms with Crippen molar-refractivity contribution in [1.29, 1.82) is 0 Å². The van der Waals surface area contributed by atoms with Crippen LogP contribution in [0, 0.1) is 13.8 Å². The van der Waals surface area contributed by atoms with Crippen LogP contribution >= 0.6 is 0 Å². The average Bonchev–Trinajstić information content (AvgIpc) is 3.44. The molecule has 0 spiro atoms.